The van der Waals surface area contributed by atoms with Gasteiger partial charge < -0.3 is 20.1 Å². The lowest BCUT2D eigenvalue weighted by Crippen LogP contribution is -2.49. The molecule has 0 aromatic rings. The Morgan fingerprint density at radius 1 is 0.536 bits per heavy atom. The van der Waals surface area contributed by atoms with Gasteiger partial charge in [-0.25, -0.2) is 0 Å². The molecule has 0 unspecified atom stereocenters. The van der Waals surface area contributed by atoms with Crippen molar-refractivity contribution in [3.63, 3.8) is 0 Å². The average Bonchev–Trinajstić information content (AvgIpc) is 2.55. The van der Waals surface area contributed by atoms with Gasteiger partial charge in [-0.1, -0.05) is 0 Å². The SMILES string of the molecule is [B]C(=O)CN1CCN(CC(=O)O)CCN(CC(=O)O)CCN(CC(=O)O)CC1. The Bertz CT molecular complexity index is 451. The van der Waals surface area contributed by atoms with Crippen molar-refractivity contribution in [2.75, 3.05) is 78.5 Å². The molecule has 0 aromatic heterocycles. The molecule has 28 heavy (non-hydrogen) atoms. The molecule has 11 nitrogen and oxygen atoms in total. The molecule has 0 aliphatic carbocycles. The summed E-state index contributed by atoms with van der Waals surface area (Å²) < 4.78 is 0. The van der Waals surface area contributed by atoms with Gasteiger partial charge in [-0.3, -0.25) is 34.0 Å². The number of aliphatic carboxylic acids is 3. The Balaban J connectivity index is 2.90. The van der Waals surface area contributed by atoms with Crippen LogP contribution in [0.4, 0.5) is 0 Å². The monoisotopic (exact) mass is 398 g/mol. The highest BCUT2D eigenvalue weighted by Gasteiger charge is 2.20. The van der Waals surface area contributed by atoms with Crippen LogP contribution < -0.4 is 0 Å². The molecule has 0 bridgehead atoms. The second-order valence-electron chi connectivity index (χ2n) is 6.75. The highest BCUT2D eigenvalue weighted by atomic mass is 16.4. The number of carbonyl (C=O) groups excluding carboxylic acids is 1. The minimum Gasteiger partial charge on any atom is -0.480 e. The molecule has 0 atom stereocenters. The van der Waals surface area contributed by atoms with Crippen LogP contribution in [-0.4, -0.2) is 145 Å². The summed E-state index contributed by atoms with van der Waals surface area (Å²) in [4.78, 5) is 51.4. The van der Waals surface area contributed by atoms with Crippen molar-refractivity contribution in [2.24, 2.45) is 0 Å². The molecule has 1 heterocycles. The van der Waals surface area contributed by atoms with Gasteiger partial charge in [-0.15, -0.1) is 0 Å². The van der Waals surface area contributed by atoms with Crippen LogP contribution in [0.15, 0.2) is 0 Å². The van der Waals surface area contributed by atoms with E-state index in [2.05, 4.69) is 0 Å². The maximum atomic E-state index is 11.3. The van der Waals surface area contributed by atoms with Crippen LogP contribution in [0.2, 0.25) is 0 Å². The fourth-order valence-electron chi connectivity index (χ4n) is 3.01. The van der Waals surface area contributed by atoms with Gasteiger partial charge in [0.25, 0.3) is 0 Å². The van der Waals surface area contributed by atoms with Crippen molar-refractivity contribution < 1.29 is 34.5 Å². The molecular weight excluding hydrogens is 371 g/mol. The number of hydrogen-bond donors (Lipinski definition) is 3. The van der Waals surface area contributed by atoms with Crippen LogP contribution in [-0.2, 0) is 19.2 Å². The first-order valence-corrected chi connectivity index (χ1v) is 8.98. The molecule has 1 aliphatic heterocycles. The zero-order chi connectivity index (χ0) is 21.1. The Hall–Kier alpha value is -2.02. The molecule has 0 aromatic carbocycles. The third kappa shape index (κ3) is 11.0. The van der Waals surface area contributed by atoms with Crippen molar-refractivity contribution in [3.05, 3.63) is 0 Å². The van der Waals surface area contributed by atoms with E-state index in [0.717, 1.165) is 0 Å². The quantitative estimate of drug-likeness (QED) is 0.364. The van der Waals surface area contributed by atoms with E-state index in [1.165, 1.54) is 0 Å². The predicted molar refractivity (Wildman–Crippen MR) is 99.4 cm³/mol. The van der Waals surface area contributed by atoms with Gasteiger partial charge >= 0.3 is 17.9 Å². The molecule has 2 radical (unpaired) electrons. The summed E-state index contributed by atoms with van der Waals surface area (Å²) in [5.41, 5.74) is -0.519. The lowest BCUT2D eigenvalue weighted by molar-refractivity contribution is -0.140. The van der Waals surface area contributed by atoms with Crippen LogP contribution in [0.1, 0.15) is 0 Å². The third-order valence-corrected chi connectivity index (χ3v) is 4.39. The van der Waals surface area contributed by atoms with E-state index in [0.29, 0.717) is 52.4 Å². The summed E-state index contributed by atoms with van der Waals surface area (Å²) in [6.45, 7) is 2.21. The van der Waals surface area contributed by atoms with E-state index in [-0.39, 0.29) is 26.2 Å². The molecule has 0 amide bonds. The molecule has 12 heteroatoms. The maximum absolute atomic E-state index is 11.3. The summed E-state index contributed by atoms with van der Waals surface area (Å²) in [7, 11) is 5.28. The lowest BCUT2D eigenvalue weighted by Gasteiger charge is -2.32. The number of hydrogen-bond acceptors (Lipinski definition) is 8. The fourth-order valence-corrected chi connectivity index (χ4v) is 3.01. The normalized spacial score (nSPS) is 19.4. The molecule has 1 rings (SSSR count). The Morgan fingerprint density at radius 3 is 0.929 bits per heavy atom. The molecular formula is C16H27BN4O7. The van der Waals surface area contributed by atoms with Crippen molar-refractivity contribution in [2.45, 2.75) is 0 Å². The largest absolute Gasteiger partial charge is 0.480 e. The summed E-state index contributed by atoms with van der Waals surface area (Å²) in [6.07, 6.45) is 0. The van der Waals surface area contributed by atoms with E-state index in [9.17, 15) is 19.2 Å². The minimum absolute atomic E-state index is 0.00698. The standard InChI is InChI=1S/C16H27BN4O7/c17-13(22)9-18-1-3-19(10-14(23)24)5-7-21(12-16(27)28)8-6-20(4-2-18)11-15(25)26/h1-12H2,(H,23,24)(H,25,26)(H,27,28). The minimum atomic E-state index is -1.01. The Morgan fingerprint density at radius 2 is 0.750 bits per heavy atom. The van der Waals surface area contributed by atoms with Crippen LogP contribution in [0, 0.1) is 0 Å². The number of carboxylic acid groups (broad SMARTS) is 3. The first-order valence-electron chi connectivity index (χ1n) is 8.98. The zero-order valence-electron chi connectivity index (χ0n) is 15.8. The first-order chi connectivity index (χ1) is 13.2. The predicted octanol–water partition coefficient (Wildman–Crippen LogP) is -2.84. The van der Waals surface area contributed by atoms with Crippen molar-refractivity contribution >= 4 is 31.4 Å². The van der Waals surface area contributed by atoms with Crippen molar-refractivity contribution in [1.82, 2.24) is 19.6 Å². The fraction of sp³-hybridized carbons (Fsp3) is 0.750. The first kappa shape index (κ1) is 24.0. The molecule has 0 spiro atoms. The van der Waals surface area contributed by atoms with Crippen molar-refractivity contribution in [1.29, 1.82) is 0 Å². The molecule has 1 fully saturated rings. The summed E-state index contributed by atoms with van der Waals surface area (Å²) in [5.74, 6) is -2.99. The van der Waals surface area contributed by atoms with Crippen LogP contribution >= 0.6 is 0 Å². The number of nitrogens with zero attached hydrogens (tertiary/aromatic N) is 4. The van der Waals surface area contributed by atoms with Gasteiger partial charge in [0.15, 0.2) is 7.85 Å². The van der Waals surface area contributed by atoms with Gasteiger partial charge in [-0.05, 0) is 0 Å². The van der Waals surface area contributed by atoms with E-state index in [1.807, 2.05) is 0 Å². The van der Waals surface area contributed by atoms with Gasteiger partial charge in [-0.2, -0.15) is 0 Å². The number of rotatable bonds is 8. The molecule has 156 valence electrons. The van der Waals surface area contributed by atoms with Gasteiger partial charge in [0.1, 0.15) is 0 Å². The Kier molecular flexibility index (Phi) is 10.7. The maximum Gasteiger partial charge on any atom is 0.317 e. The summed E-state index contributed by atoms with van der Waals surface area (Å²) in [6, 6.07) is 0. The van der Waals surface area contributed by atoms with E-state index in [4.69, 9.17) is 23.2 Å². The van der Waals surface area contributed by atoms with Gasteiger partial charge in [0, 0.05) is 58.9 Å². The zero-order valence-corrected chi connectivity index (χ0v) is 15.8. The van der Waals surface area contributed by atoms with Crippen LogP contribution in [0.5, 0.6) is 0 Å². The highest BCUT2D eigenvalue weighted by molar-refractivity contribution is 6.58. The van der Waals surface area contributed by atoms with E-state index in [1.54, 1.807) is 19.6 Å². The summed E-state index contributed by atoms with van der Waals surface area (Å²) >= 11 is 0. The van der Waals surface area contributed by atoms with Crippen LogP contribution in [0.3, 0.4) is 0 Å². The third-order valence-electron chi connectivity index (χ3n) is 4.39. The summed E-state index contributed by atoms with van der Waals surface area (Å²) in [5, 5.41) is 27.3. The van der Waals surface area contributed by atoms with Gasteiger partial charge in [0.2, 0.25) is 0 Å². The van der Waals surface area contributed by atoms with Gasteiger partial charge in [0.05, 0.1) is 25.3 Å². The van der Waals surface area contributed by atoms with Crippen molar-refractivity contribution in [3.8, 4) is 0 Å². The average molecular weight is 398 g/mol. The molecule has 1 aliphatic rings. The second-order valence-corrected chi connectivity index (χ2v) is 6.75. The Labute approximate surface area is 164 Å². The molecule has 0 saturated carbocycles. The molecule has 3 N–H and O–H groups in total. The van der Waals surface area contributed by atoms with Crippen LogP contribution in [0.25, 0.3) is 0 Å². The second kappa shape index (κ2) is 12.4. The topological polar surface area (TPSA) is 142 Å². The molecule has 1 saturated heterocycles. The lowest BCUT2D eigenvalue weighted by atomic mass is 10.0. The van der Waals surface area contributed by atoms with E-state index < -0.39 is 23.6 Å². The number of carboxylic acids is 3. The highest BCUT2D eigenvalue weighted by Crippen LogP contribution is 2.01. The number of carbonyl (C=O) groups is 4. The smallest absolute Gasteiger partial charge is 0.317 e. The van der Waals surface area contributed by atoms with E-state index >= 15 is 0 Å².